The fourth-order valence-corrected chi connectivity index (χ4v) is 3.41. The van der Waals surface area contributed by atoms with Crippen LogP contribution in [0.4, 0.5) is 36.4 Å². The van der Waals surface area contributed by atoms with E-state index in [4.69, 9.17) is 9.47 Å². The fraction of sp³-hybridized carbons (Fsp3) is 0.533. The molecule has 0 radical (unpaired) electrons. The highest BCUT2D eigenvalue weighted by atomic mass is 32.2. The van der Waals surface area contributed by atoms with Crippen molar-refractivity contribution in [3.63, 3.8) is 0 Å². The van der Waals surface area contributed by atoms with Crippen LogP contribution in [-0.4, -0.2) is 70.2 Å². The number of hydrogen-bond acceptors (Lipinski definition) is 6. The fourth-order valence-electron chi connectivity index (χ4n) is 2.35. The number of benzene rings is 1. The third kappa shape index (κ3) is 5.06. The van der Waals surface area contributed by atoms with Crippen LogP contribution < -0.4 is 4.74 Å². The molecule has 1 heterocycles. The van der Waals surface area contributed by atoms with Gasteiger partial charge in [0.05, 0.1) is 23.0 Å². The molecule has 0 aliphatic carbocycles. The van der Waals surface area contributed by atoms with Gasteiger partial charge in [-0.05, 0) is 12.1 Å². The standard InChI is InChI=1S/C15H13F7N2O6S/c16-13(17,14(18,19)20)15(21,22)31(28)9-1-2-11(10(7-9)24(26)27)30-8-12(25)23-3-5-29-6-4-23/h1-2,7H,3-6,8H2. The largest absolute Gasteiger partial charge is 0.477 e. The molecule has 1 fully saturated rings. The summed E-state index contributed by atoms with van der Waals surface area (Å²) >= 11 is 0. The highest BCUT2D eigenvalue weighted by Crippen LogP contribution is 2.49. The van der Waals surface area contributed by atoms with E-state index >= 15 is 0 Å². The van der Waals surface area contributed by atoms with E-state index in [2.05, 4.69) is 0 Å². The van der Waals surface area contributed by atoms with Gasteiger partial charge in [-0.3, -0.25) is 14.9 Å². The third-order valence-corrected chi connectivity index (χ3v) is 5.41. The number of carbonyl (C=O) groups excluding carboxylic acids is 1. The second-order valence-corrected chi connectivity index (χ2v) is 7.55. The molecule has 8 nitrogen and oxygen atoms in total. The molecule has 174 valence electrons. The van der Waals surface area contributed by atoms with Gasteiger partial charge in [0, 0.05) is 19.2 Å². The molecule has 1 atom stereocenters. The second-order valence-electron chi connectivity index (χ2n) is 6.03. The predicted octanol–water partition coefficient (Wildman–Crippen LogP) is 2.73. The first-order valence-corrected chi connectivity index (χ1v) is 9.36. The van der Waals surface area contributed by atoms with E-state index in [1.807, 2.05) is 0 Å². The van der Waals surface area contributed by atoms with Gasteiger partial charge in [-0.15, -0.1) is 0 Å². The summed E-state index contributed by atoms with van der Waals surface area (Å²) in [6, 6.07) is 1.09. The predicted molar refractivity (Wildman–Crippen MR) is 88.3 cm³/mol. The van der Waals surface area contributed by atoms with Crippen LogP contribution >= 0.6 is 0 Å². The maximum atomic E-state index is 13.6. The van der Waals surface area contributed by atoms with Crippen LogP contribution in [0, 0.1) is 10.1 Å². The van der Waals surface area contributed by atoms with Crippen LogP contribution in [0.25, 0.3) is 0 Å². The molecule has 0 N–H and O–H groups in total. The highest BCUT2D eigenvalue weighted by molar-refractivity contribution is 7.86. The van der Waals surface area contributed by atoms with Crippen LogP contribution in [-0.2, 0) is 20.3 Å². The number of alkyl halides is 7. The first-order valence-electron chi connectivity index (χ1n) is 8.21. The zero-order valence-electron chi connectivity index (χ0n) is 15.2. The molecule has 1 unspecified atom stereocenters. The van der Waals surface area contributed by atoms with E-state index in [0.29, 0.717) is 12.1 Å². The van der Waals surface area contributed by atoms with Crippen molar-refractivity contribution in [2.24, 2.45) is 0 Å². The van der Waals surface area contributed by atoms with Gasteiger partial charge in [-0.2, -0.15) is 30.7 Å². The average Bonchev–Trinajstić information content (AvgIpc) is 2.70. The normalized spacial score (nSPS) is 16.7. The Bertz CT molecular complexity index is 874. The van der Waals surface area contributed by atoms with E-state index in [0.717, 1.165) is 0 Å². The zero-order valence-corrected chi connectivity index (χ0v) is 16.0. The van der Waals surface area contributed by atoms with Crippen molar-refractivity contribution >= 4 is 22.4 Å². The SMILES string of the molecule is O=C(COc1ccc(S(=O)C(F)(F)C(F)(F)C(F)(F)F)cc1[N+](=O)[O-])N1CCOCC1. The lowest BCUT2D eigenvalue weighted by Gasteiger charge is -2.27. The highest BCUT2D eigenvalue weighted by Gasteiger charge is 2.76. The molecule has 1 aromatic rings. The lowest BCUT2D eigenvalue weighted by Crippen LogP contribution is -2.54. The minimum absolute atomic E-state index is 0.116. The van der Waals surface area contributed by atoms with E-state index in [1.54, 1.807) is 0 Å². The Morgan fingerprint density at radius 2 is 1.74 bits per heavy atom. The Balaban J connectivity index is 2.26. The van der Waals surface area contributed by atoms with Gasteiger partial charge in [0.1, 0.15) is 10.8 Å². The maximum absolute atomic E-state index is 13.6. The number of amides is 1. The van der Waals surface area contributed by atoms with Crippen molar-refractivity contribution in [3.8, 4) is 5.75 Å². The van der Waals surface area contributed by atoms with Crippen molar-refractivity contribution in [2.45, 2.75) is 22.2 Å². The molecule has 1 aliphatic rings. The Hall–Kier alpha value is -2.49. The number of ether oxygens (including phenoxy) is 2. The lowest BCUT2D eigenvalue weighted by molar-refractivity contribution is -0.386. The molecule has 0 bridgehead atoms. The Kier molecular flexibility index (Phi) is 7.14. The molecule has 1 aliphatic heterocycles. The van der Waals surface area contributed by atoms with Crippen molar-refractivity contribution in [1.82, 2.24) is 4.90 Å². The summed E-state index contributed by atoms with van der Waals surface area (Å²) in [7, 11) is -4.31. The molecule has 1 amide bonds. The van der Waals surface area contributed by atoms with Crippen molar-refractivity contribution in [3.05, 3.63) is 28.3 Å². The van der Waals surface area contributed by atoms with Crippen molar-refractivity contribution in [2.75, 3.05) is 32.9 Å². The van der Waals surface area contributed by atoms with Crippen LogP contribution in [0.3, 0.4) is 0 Å². The van der Waals surface area contributed by atoms with E-state index in [9.17, 15) is 49.9 Å². The number of morpholine rings is 1. The summed E-state index contributed by atoms with van der Waals surface area (Å²) in [6.07, 6.45) is -6.72. The quantitative estimate of drug-likeness (QED) is 0.337. The summed E-state index contributed by atoms with van der Waals surface area (Å²) in [5.41, 5.74) is -1.16. The van der Waals surface area contributed by atoms with Crippen LogP contribution in [0.2, 0.25) is 0 Å². The number of carbonyl (C=O) groups is 1. The Morgan fingerprint density at radius 3 is 2.26 bits per heavy atom. The van der Waals surface area contributed by atoms with Crippen LogP contribution in [0.15, 0.2) is 23.1 Å². The van der Waals surface area contributed by atoms with Crippen molar-refractivity contribution in [1.29, 1.82) is 0 Å². The number of nitrogens with zero attached hydrogens (tertiary/aromatic N) is 2. The van der Waals surface area contributed by atoms with Gasteiger partial charge in [0.25, 0.3) is 5.91 Å². The molecule has 2 rings (SSSR count). The van der Waals surface area contributed by atoms with E-state index < -0.39 is 61.9 Å². The first-order chi connectivity index (χ1) is 14.2. The summed E-state index contributed by atoms with van der Waals surface area (Å²) in [6.45, 7) is 0.243. The average molecular weight is 482 g/mol. The van der Waals surface area contributed by atoms with Gasteiger partial charge >= 0.3 is 23.0 Å². The number of nitro groups is 1. The number of hydrogen-bond donors (Lipinski definition) is 0. The monoisotopic (exact) mass is 482 g/mol. The minimum atomic E-state index is -6.72. The zero-order chi connectivity index (χ0) is 23.6. The Morgan fingerprint density at radius 1 is 1.16 bits per heavy atom. The summed E-state index contributed by atoms with van der Waals surface area (Å²) < 4.78 is 112. The molecule has 0 saturated carbocycles. The molecule has 16 heteroatoms. The number of halogens is 7. The van der Waals surface area contributed by atoms with E-state index in [-0.39, 0.29) is 32.4 Å². The van der Waals surface area contributed by atoms with Crippen LogP contribution in [0.1, 0.15) is 0 Å². The van der Waals surface area contributed by atoms with Crippen molar-refractivity contribution < 1.29 is 54.1 Å². The Labute approximate surface area is 171 Å². The summed E-state index contributed by atoms with van der Waals surface area (Å²) in [5, 5.41) is 5.03. The summed E-state index contributed by atoms with van der Waals surface area (Å²) in [4.78, 5) is 21.9. The second kappa shape index (κ2) is 8.94. The smallest absolute Gasteiger partial charge is 0.461 e. The lowest BCUT2D eigenvalue weighted by atomic mass is 10.3. The van der Waals surface area contributed by atoms with Gasteiger partial charge in [-0.25, -0.2) is 4.21 Å². The van der Waals surface area contributed by atoms with E-state index in [1.165, 1.54) is 4.90 Å². The number of nitro benzene ring substituents is 1. The molecule has 0 spiro atoms. The van der Waals surface area contributed by atoms with Crippen LogP contribution in [0.5, 0.6) is 5.75 Å². The topological polar surface area (TPSA) is 99.0 Å². The molecular weight excluding hydrogens is 469 g/mol. The van der Waals surface area contributed by atoms with Gasteiger partial charge in [0.2, 0.25) is 0 Å². The molecule has 1 aromatic carbocycles. The van der Waals surface area contributed by atoms with Gasteiger partial charge < -0.3 is 14.4 Å². The maximum Gasteiger partial charge on any atom is 0.461 e. The van der Waals surface area contributed by atoms with Gasteiger partial charge in [-0.1, -0.05) is 0 Å². The first kappa shape index (κ1) is 24.8. The minimum Gasteiger partial charge on any atom is -0.477 e. The molecule has 31 heavy (non-hydrogen) atoms. The molecular formula is C15H13F7N2O6S. The third-order valence-electron chi connectivity index (χ3n) is 4.01. The number of rotatable bonds is 7. The molecule has 1 saturated heterocycles. The van der Waals surface area contributed by atoms with Gasteiger partial charge in [0.15, 0.2) is 12.4 Å². The molecule has 0 aromatic heterocycles. The summed E-state index contributed by atoms with van der Waals surface area (Å²) in [5.74, 6) is -7.93.